The number of nitrogens with two attached hydrogens (primary N) is 1. The zero-order valence-electron chi connectivity index (χ0n) is 5.62. The average molecular weight is 227 g/mol. The standard InChI is InChI=1S/C8H10N.Pd/c9-7-6-8-4-2-1-3-5-8;/h1-2,4-5H,6-7,9H2;/q-1;+2. The first kappa shape index (κ1) is 9.84. The van der Waals surface area contributed by atoms with E-state index in [1.807, 2.05) is 18.2 Å². The molecule has 56 valence electrons. The van der Waals surface area contributed by atoms with Crippen molar-refractivity contribution in [1.29, 1.82) is 0 Å². The van der Waals surface area contributed by atoms with E-state index in [0.29, 0.717) is 0 Å². The molecule has 1 aromatic rings. The van der Waals surface area contributed by atoms with E-state index < -0.39 is 0 Å². The first-order chi connectivity index (χ1) is 4.43. The third-order valence-corrected chi connectivity index (χ3v) is 1.20. The molecular formula is C8H10NPd+. The SMILES string of the molecule is NCCc1c[c-]ccc1.[Pd+2]. The molecule has 2 N–H and O–H groups in total. The second-order valence-electron chi connectivity index (χ2n) is 1.95. The summed E-state index contributed by atoms with van der Waals surface area (Å²) in [6, 6.07) is 10.9. The van der Waals surface area contributed by atoms with Crippen molar-refractivity contribution >= 4 is 0 Å². The zero-order chi connectivity index (χ0) is 6.53. The van der Waals surface area contributed by atoms with Crippen LogP contribution in [0.1, 0.15) is 5.56 Å². The molecular weight excluding hydrogens is 217 g/mol. The van der Waals surface area contributed by atoms with Crippen LogP contribution in [0.3, 0.4) is 0 Å². The van der Waals surface area contributed by atoms with E-state index in [2.05, 4.69) is 12.1 Å². The van der Waals surface area contributed by atoms with E-state index in [1.54, 1.807) is 0 Å². The van der Waals surface area contributed by atoms with Gasteiger partial charge in [-0.15, -0.1) is 0 Å². The number of benzene rings is 1. The van der Waals surface area contributed by atoms with Crippen LogP contribution in [0.2, 0.25) is 0 Å². The molecule has 1 rings (SSSR count). The molecule has 0 spiro atoms. The zero-order valence-corrected chi connectivity index (χ0v) is 7.17. The number of hydrogen-bond donors (Lipinski definition) is 1. The van der Waals surface area contributed by atoms with Gasteiger partial charge < -0.3 is 5.73 Å². The largest absolute Gasteiger partial charge is 2.00 e. The maximum atomic E-state index is 5.35. The van der Waals surface area contributed by atoms with Crippen LogP contribution in [-0.2, 0) is 26.8 Å². The average Bonchev–Trinajstić information content (AvgIpc) is 1.91. The summed E-state index contributed by atoms with van der Waals surface area (Å²) < 4.78 is 0. The van der Waals surface area contributed by atoms with Crippen molar-refractivity contribution in [3.63, 3.8) is 0 Å². The van der Waals surface area contributed by atoms with Crippen LogP contribution in [0.25, 0.3) is 0 Å². The first-order valence-electron chi connectivity index (χ1n) is 3.08. The Morgan fingerprint density at radius 1 is 1.50 bits per heavy atom. The third-order valence-electron chi connectivity index (χ3n) is 1.20. The van der Waals surface area contributed by atoms with Crippen LogP contribution in [0.5, 0.6) is 0 Å². The molecule has 1 aromatic carbocycles. The van der Waals surface area contributed by atoms with Crippen molar-refractivity contribution < 1.29 is 20.4 Å². The molecule has 0 saturated heterocycles. The van der Waals surface area contributed by atoms with Crippen LogP contribution in [0, 0.1) is 6.07 Å². The molecule has 0 heterocycles. The number of rotatable bonds is 2. The minimum Gasteiger partial charge on any atom is -0.331 e. The topological polar surface area (TPSA) is 26.0 Å². The van der Waals surface area contributed by atoms with Crippen LogP contribution >= 0.6 is 0 Å². The molecule has 0 saturated carbocycles. The summed E-state index contributed by atoms with van der Waals surface area (Å²) in [5.74, 6) is 0. The van der Waals surface area contributed by atoms with E-state index in [4.69, 9.17) is 5.73 Å². The second-order valence-corrected chi connectivity index (χ2v) is 1.95. The monoisotopic (exact) mass is 226 g/mol. The summed E-state index contributed by atoms with van der Waals surface area (Å²) in [5.41, 5.74) is 6.61. The Morgan fingerprint density at radius 3 is 2.80 bits per heavy atom. The van der Waals surface area contributed by atoms with Gasteiger partial charge in [-0.2, -0.15) is 35.9 Å². The Hall–Kier alpha value is -0.158. The van der Waals surface area contributed by atoms with Gasteiger partial charge in [0.1, 0.15) is 0 Å². The fourth-order valence-electron chi connectivity index (χ4n) is 0.753. The van der Waals surface area contributed by atoms with Crippen LogP contribution in [0.15, 0.2) is 24.3 Å². The molecule has 10 heavy (non-hydrogen) atoms. The second kappa shape index (κ2) is 5.61. The van der Waals surface area contributed by atoms with Gasteiger partial charge in [-0.1, -0.05) is 6.42 Å². The molecule has 0 atom stereocenters. The maximum absolute atomic E-state index is 5.35. The maximum Gasteiger partial charge on any atom is 2.00 e. The van der Waals surface area contributed by atoms with Gasteiger partial charge in [0.15, 0.2) is 0 Å². The van der Waals surface area contributed by atoms with E-state index in [9.17, 15) is 0 Å². The van der Waals surface area contributed by atoms with Gasteiger partial charge in [0.05, 0.1) is 0 Å². The van der Waals surface area contributed by atoms with Crippen LogP contribution < -0.4 is 5.73 Å². The Morgan fingerprint density at radius 2 is 2.30 bits per heavy atom. The van der Waals surface area contributed by atoms with Crippen molar-refractivity contribution in [2.45, 2.75) is 6.42 Å². The van der Waals surface area contributed by atoms with Gasteiger partial charge in [0, 0.05) is 0 Å². The molecule has 0 unspecified atom stereocenters. The molecule has 0 aromatic heterocycles. The molecule has 0 radical (unpaired) electrons. The van der Waals surface area contributed by atoms with E-state index in [0.717, 1.165) is 13.0 Å². The summed E-state index contributed by atoms with van der Waals surface area (Å²) in [7, 11) is 0. The minimum atomic E-state index is 0. The van der Waals surface area contributed by atoms with Gasteiger partial charge >= 0.3 is 20.4 Å². The number of hydrogen-bond acceptors (Lipinski definition) is 1. The smallest absolute Gasteiger partial charge is 0.331 e. The Kier molecular flexibility index (Phi) is 5.53. The van der Waals surface area contributed by atoms with Crippen molar-refractivity contribution in [2.75, 3.05) is 6.54 Å². The fraction of sp³-hybridized carbons (Fsp3) is 0.250. The van der Waals surface area contributed by atoms with Gasteiger partial charge in [0.25, 0.3) is 0 Å². The Bertz CT molecular complexity index is 162. The summed E-state index contributed by atoms with van der Waals surface area (Å²) in [6.07, 6.45) is 0.956. The first-order valence-corrected chi connectivity index (χ1v) is 3.08. The summed E-state index contributed by atoms with van der Waals surface area (Å²) >= 11 is 0. The van der Waals surface area contributed by atoms with Crippen molar-refractivity contribution in [3.05, 3.63) is 35.9 Å². The van der Waals surface area contributed by atoms with E-state index in [1.165, 1.54) is 5.56 Å². The van der Waals surface area contributed by atoms with Gasteiger partial charge in [-0.25, -0.2) is 0 Å². The molecule has 0 aliphatic rings. The third kappa shape index (κ3) is 3.12. The van der Waals surface area contributed by atoms with E-state index in [-0.39, 0.29) is 20.4 Å². The predicted molar refractivity (Wildman–Crippen MR) is 38.0 cm³/mol. The molecule has 0 aliphatic heterocycles. The predicted octanol–water partition coefficient (Wildman–Crippen LogP) is 0.985. The molecule has 2 heteroatoms. The van der Waals surface area contributed by atoms with Crippen molar-refractivity contribution in [2.24, 2.45) is 5.73 Å². The normalized spacial score (nSPS) is 8.50. The molecule has 0 fully saturated rings. The van der Waals surface area contributed by atoms with Gasteiger partial charge in [0.2, 0.25) is 0 Å². The van der Waals surface area contributed by atoms with Gasteiger partial charge in [-0.3, -0.25) is 0 Å². The minimum absolute atomic E-state index is 0. The Balaban J connectivity index is 0.000000810. The van der Waals surface area contributed by atoms with Crippen LogP contribution in [-0.4, -0.2) is 6.54 Å². The molecule has 1 nitrogen and oxygen atoms in total. The molecule has 0 aliphatic carbocycles. The van der Waals surface area contributed by atoms with Gasteiger partial charge in [-0.05, 0) is 6.54 Å². The summed E-state index contributed by atoms with van der Waals surface area (Å²) in [4.78, 5) is 0. The van der Waals surface area contributed by atoms with Crippen molar-refractivity contribution in [1.82, 2.24) is 0 Å². The Labute approximate surface area is 75.3 Å². The van der Waals surface area contributed by atoms with Crippen LogP contribution in [0.4, 0.5) is 0 Å². The molecule has 0 amide bonds. The van der Waals surface area contributed by atoms with Crippen molar-refractivity contribution in [3.8, 4) is 0 Å². The fourth-order valence-corrected chi connectivity index (χ4v) is 0.753. The summed E-state index contributed by atoms with van der Waals surface area (Å²) in [6.45, 7) is 0.720. The molecule has 0 bridgehead atoms. The van der Waals surface area contributed by atoms with E-state index >= 15 is 0 Å². The summed E-state index contributed by atoms with van der Waals surface area (Å²) in [5, 5.41) is 0. The quantitative estimate of drug-likeness (QED) is 0.591.